The molecule has 0 aliphatic carbocycles. The molecule has 0 unspecified atom stereocenters. The SMILES string of the molecule is CC(C)COc1cc2c(cc1CN)OCO2. The van der Waals surface area contributed by atoms with Gasteiger partial charge in [-0.3, -0.25) is 0 Å². The molecule has 88 valence electrons. The smallest absolute Gasteiger partial charge is 0.231 e. The zero-order valence-corrected chi connectivity index (χ0v) is 9.66. The first-order valence-corrected chi connectivity index (χ1v) is 5.46. The number of benzene rings is 1. The number of hydrogen-bond donors (Lipinski definition) is 1. The molecule has 0 radical (unpaired) electrons. The summed E-state index contributed by atoms with van der Waals surface area (Å²) in [5.74, 6) is 2.75. The van der Waals surface area contributed by atoms with Crippen molar-refractivity contribution in [1.29, 1.82) is 0 Å². The molecule has 0 aromatic heterocycles. The van der Waals surface area contributed by atoms with Gasteiger partial charge in [0, 0.05) is 18.2 Å². The molecule has 4 heteroatoms. The third-order valence-corrected chi connectivity index (χ3v) is 2.35. The van der Waals surface area contributed by atoms with E-state index in [1.807, 2.05) is 12.1 Å². The van der Waals surface area contributed by atoms with E-state index in [9.17, 15) is 0 Å². The van der Waals surface area contributed by atoms with Crippen molar-refractivity contribution in [3.8, 4) is 17.2 Å². The summed E-state index contributed by atoms with van der Waals surface area (Å²) < 4.78 is 16.3. The van der Waals surface area contributed by atoms with E-state index in [-0.39, 0.29) is 6.79 Å². The van der Waals surface area contributed by atoms with Crippen LogP contribution in [0.3, 0.4) is 0 Å². The van der Waals surface area contributed by atoms with Crippen molar-refractivity contribution < 1.29 is 14.2 Å². The maximum atomic E-state index is 5.70. The van der Waals surface area contributed by atoms with E-state index in [1.54, 1.807) is 0 Å². The summed E-state index contributed by atoms with van der Waals surface area (Å²) in [4.78, 5) is 0. The van der Waals surface area contributed by atoms with Crippen LogP contribution in [-0.4, -0.2) is 13.4 Å². The van der Waals surface area contributed by atoms with Crippen LogP contribution in [0.1, 0.15) is 19.4 Å². The molecule has 2 N–H and O–H groups in total. The van der Waals surface area contributed by atoms with Gasteiger partial charge >= 0.3 is 0 Å². The number of ether oxygens (including phenoxy) is 3. The summed E-state index contributed by atoms with van der Waals surface area (Å²) in [5.41, 5.74) is 6.62. The maximum absolute atomic E-state index is 5.70. The van der Waals surface area contributed by atoms with E-state index in [0.29, 0.717) is 19.1 Å². The normalized spacial score (nSPS) is 13.2. The molecule has 0 amide bonds. The highest BCUT2D eigenvalue weighted by Gasteiger charge is 2.17. The van der Waals surface area contributed by atoms with Gasteiger partial charge in [0.1, 0.15) is 5.75 Å². The molecule has 0 atom stereocenters. The van der Waals surface area contributed by atoms with E-state index >= 15 is 0 Å². The van der Waals surface area contributed by atoms with Crippen LogP contribution < -0.4 is 19.9 Å². The first kappa shape index (κ1) is 11.1. The highest BCUT2D eigenvalue weighted by atomic mass is 16.7. The van der Waals surface area contributed by atoms with Crippen molar-refractivity contribution in [3.63, 3.8) is 0 Å². The number of rotatable bonds is 4. The third-order valence-electron chi connectivity index (χ3n) is 2.35. The van der Waals surface area contributed by atoms with Crippen LogP contribution in [0.4, 0.5) is 0 Å². The van der Waals surface area contributed by atoms with Gasteiger partial charge in [-0.2, -0.15) is 0 Å². The van der Waals surface area contributed by atoms with Gasteiger partial charge < -0.3 is 19.9 Å². The Kier molecular flexibility index (Phi) is 3.19. The molecule has 1 aliphatic rings. The lowest BCUT2D eigenvalue weighted by Crippen LogP contribution is -2.08. The molecule has 0 saturated carbocycles. The molecular weight excluding hydrogens is 206 g/mol. The lowest BCUT2D eigenvalue weighted by atomic mass is 10.1. The zero-order chi connectivity index (χ0) is 11.5. The molecule has 1 aromatic rings. The van der Waals surface area contributed by atoms with Crippen molar-refractivity contribution in [3.05, 3.63) is 17.7 Å². The predicted molar refractivity (Wildman–Crippen MR) is 60.8 cm³/mol. The molecule has 1 heterocycles. The summed E-state index contributed by atoms with van der Waals surface area (Å²) in [7, 11) is 0. The number of hydrogen-bond acceptors (Lipinski definition) is 4. The molecule has 0 bridgehead atoms. The summed E-state index contributed by atoms with van der Waals surface area (Å²) in [6.07, 6.45) is 0. The average molecular weight is 223 g/mol. The van der Waals surface area contributed by atoms with Crippen LogP contribution in [0.5, 0.6) is 17.2 Å². The Morgan fingerprint density at radius 3 is 2.62 bits per heavy atom. The van der Waals surface area contributed by atoms with Crippen LogP contribution in [-0.2, 0) is 6.54 Å². The fourth-order valence-corrected chi connectivity index (χ4v) is 1.52. The van der Waals surface area contributed by atoms with E-state index in [1.165, 1.54) is 0 Å². The second-order valence-electron chi connectivity index (χ2n) is 4.22. The van der Waals surface area contributed by atoms with Crippen molar-refractivity contribution >= 4 is 0 Å². The Labute approximate surface area is 95.3 Å². The Morgan fingerprint density at radius 2 is 2.00 bits per heavy atom. The van der Waals surface area contributed by atoms with Crippen molar-refractivity contribution in [2.45, 2.75) is 20.4 Å². The average Bonchev–Trinajstić information content (AvgIpc) is 2.71. The Balaban J connectivity index is 2.22. The topological polar surface area (TPSA) is 53.7 Å². The van der Waals surface area contributed by atoms with E-state index in [0.717, 1.165) is 22.8 Å². The monoisotopic (exact) mass is 223 g/mol. The molecule has 1 aromatic carbocycles. The second kappa shape index (κ2) is 4.61. The Bertz CT molecular complexity index is 377. The molecule has 1 aliphatic heterocycles. The lowest BCUT2D eigenvalue weighted by molar-refractivity contribution is 0.173. The van der Waals surface area contributed by atoms with Gasteiger partial charge in [-0.15, -0.1) is 0 Å². The standard InChI is InChI=1S/C12H17NO3/c1-8(2)6-14-10-4-12-11(15-7-16-12)3-9(10)5-13/h3-4,8H,5-7,13H2,1-2H3. The maximum Gasteiger partial charge on any atom is 0.231 e. The number of nitrogens with two attached hydrogens (primary N) is 1. The van der Waals surface area contributed by atoms with E-state index < -0.39 is 0 Å². The molecule has 0 saturated heterocycles. The highest BCUT2D eigenvalue weighted by Crippen LogP contribution is 2.38. The molecular formula is C12H17NO3. The van der Waals surface area contributed by atoms with Crippen molar-refractivity contribution in [1.82, 2.24) is 0 Å². The first-order chi connectivity index (χ1) is 7.70. The highest BCUT2D eigenvalue weighted by molar-refractivity contribution is 5.51. The Morgan fingerprint density at radius 1 is 1.31 bits per heavy atom. The second-order valence-corrected chi connectivity index (χ2v) is 4.22. The van der Waals surface area contributed by atoms with E-state index in [2.05, 4.69) is 13.8 Å². The van der Waals surface area contributed by atoms with Gasteiger partial charge in [0.15, 0.2) is 11.5 Å². The fraction of sp³-hybridized carbons (Fsp3) is 0.500. The van der Waals surface area contributed by atoms with Crippen LogP contribution in [0.15, 0.2) is 12.1 Å². The summed E-state index contributed by atoms with van der Waals surface area (Å²) in [5, 5.41) is 0. The molecule has 2 rings (SSSR count). The summed E-state index contributed by atoms with van der Waals surface area (Å²) in [6.45, 7) is 5.59. The van der Waals surface area contributed by atoms with Gasteiger partial charge in [0.25, 0.3) is 0 Å². The Hall–Kier alpha value is -1.42. The summed E-state index contributed by atoms with van der Waals surface area (Å²) in [6, 6.07) is 3.74. The lowest BCUT2D eigenvalue weighted by Gasteiger charge is -2.13. The quantitative estimate of drug-likeness (QED) is 0.847. The molecule has 4 nitrogen and oxygen atoms in total. The molecule has 0 fully saturated rings. The van der Waals surface area contributed by atoms with Gasteiger partial charge in [-0.25, -0.2) is 0 Å². The fourth-order valence-electron chi connectivity index (χ4n) is 1.52. The third kappa shape index (κ3) is 2.22. The van der Waals surface area contributed by atoms with Gasteiger partial charge in [-0.05, 0) is 12.0 Å². The minimum Gasteiger partial charge on any atom is -0.493 e. The van der Waals surface area contributed by atoms with Crippen molar-refractivity contribution in [2.75, 3.05) is 13.4 Å². The molecule has 0 spiro atoms. The van der Waals surface area contributed by atoms with Gasteiger partial charge in [0.05, 0.1) is 6.61 Å². The zero-order valence-electron chi connectivity index (χ0n) is 9.66. The van der Waals surface area contributed by atoms with E-state index in [4.69, 9.17) is 19.9 Å². The summed E-state index contributed by atoms with van der Waals surface area (Å²) >= 11 is 0. The van der Waals surface area contributed by atoms with Crippen LogP contribution in [0.2, 0.25) is 0 Å². The minimum atomic E-state index is 0.271. The first-order valence-electron chi connectivity index (χ1n) is 5.46. The van der Waals surface area contributed by atoms with Crippen LogP contribution in [0, 0.1) is 5.92 Å². The predicted octanol–water partition coefficient (Wildman–Crippen LogP) is 1.91. The van der Waals surface area contributed by atoms with Crippen LogP contribution in [0.25, 0.3) is 0 Å². The molecule has 16 heavy (non-hydrogen) atoms. The van der Waals surface area contributed by atoms with Crippen molar-refractivity contribution in [2.24, 2.45) is 11.7 Å². The largest absolute Gasteiger partial charge is 0.493 e. The van der Waals surface area contributed by atoms with Gasteiger partial charge in [-0.1, -0.05) is 13.8 Å². The van der Waals surface area contributed by atoms with Crippen LogP contribution >= 0.6 is 0 Å². The van der Waals surface area contributed by atoms with Gasteiger partial charge in [0.2, 0.25) is 6.79 Å². The number of fused-ring (bicyclic) bond motifs is 1. The minimum absolute atomic E-state index is 0.271.